The van der Waals surface area contributed by atoms with Gasteiger partial charge in [-0.1, -0.05) is 19.2 Å². The zero-order chi connectivity index (χ0) is 8.53. The predicted octanol–water partition coefficient (Wildman–Crippen LogP) is 1.21. The second kappa shape index (κ2) is 7.09. The predicted molar refractivity (Wildman–Crippen MR) is 48.2 cm³/mol. The SMILES string of the molecule is C=C/C=C(\C=C)NCCCO. The van der Waals surface area contributed by atoms with Crippen molar-refractivity contribution in [3.63, 3.8) is 0 Å². The summed E-state index contributed by atoms with van der Waals surface area (Å²) >= 11 is 0. The third-order valence-electron chi connectivity index (χ3n) is 1.18. The van der Waals surface area contributed by atoms with Gasteiger partial charge < -0.3 is 10.4 Å². The molecular formula is C9H15NO. The van der Waals surface area contributed by atoms with Crippen LogP contribution in [0, 0.1) is 0 Å². The van der Waals surface area contributed by atoms with Gasteiger partial charge in [0.25, 0.3) is 0 Å². The van der Waals surface area contributed by atoms with E-state index in [2.05, 4.69) is 18.5 Å². The molecule has 0 fully saturated rings. The number of rotatable bonds is 6. The summed E-state index contributed by atoms with van der Waals surface area (Å²) in [4.78, 5) is 0. The van der Waals surface area contributed by atoms with Gasteiger partial charge >= 0.3 is 0 Å². The summed E-state index contributed by atoms with van der Waals surface area (Å²) in [5.74, 6) is 0. The van der Waals surface area contributed by atoms with Crippen molar-refractivity contribution in [2.24, 2.45) is 0 Å². The largest absolute Gasteiger partial charge is 0.396 e. The highest BCUT2D eigenvalue weighted by molar-refractivity contribution is 5.18. The van der Waals surface area contributed by atoms with Crippen molar-refractivity contribution in [3.8, 4) is 0 Å². The van der Waals surface area contributed by atoms with Crippen molar-refractivity contribution in [3.05, 3.63) is 37.1 Å². The summed E-state index contributed by atoms with van der Waals surface area (Å²) in [6.07, 6.45) is 6.01. The Morgan fingerprint density at radius 2 is 2.18 bits per heavy atom. The van der Waals surface area contributed by atoms with Crippen molar-refractivity contribution >= 4 is 0 Å². The van der Waals surface area contributed by atoms with Crippen LogP contribution in [0.25, 0.3) is 0 Å². The van der Waals surface area contributed by atoms with E-state index >= 15 is 0 Å². The number of allylic oxidation sites excluding steroid dienone is 3. The molecule has 0 aliphatic rings. The maximum Gasteiger partial charge on any atom is 0.0447 e. The Labute approximate surface area is 67.9 Å². The van der Waals surface area contributed by atoms with Gasteiger partial charge in [0.15, 0.2) is 0 Å². The average molecular weight is 153 g/mol. The number of aliphatic hydroxyl groups is 1. The van der Waals surface area contributed by atoms with Crippen molar-refractivity contribution in [1.29, 1.82) is 0 Å². The van der Waals surface area contributed by atoms with E-state index in [0.29, 0.717) is 0 Å². The Balaban J connectivity index is 3.60. The zero-order valence-corrected chi connectivity index (χ0v) is 6.71. The minimum atomic E-state index is 0.214. The first-order valence-electron chi connectivity index (χ1n) is 3.65. The molecule has 0 aliphatic heterocycles. The van der Waals surface area contributed by atoms with E-state index in [1.807, 2.05) is 6.08 Å². The molecule has 2 heteroatoms. The summed E-state index contributed by atoms with van der Waals surface area (Å²) < 4.78 is 0. The molecular weight excluding hydrogens is 138 g/mol. The van der Waals surface area contributed by atoms with E-state index in [4.69, 9.17) is 5.11 Å². The fraction of sp³-hybridized carbons (Fsp3) is 0.333. The van der Waals surface area contributed by atoms with Crippen LogP contribution in [0.4, 0.5) is 0 Å². The summed E-state index contributed by atoms with van der Waals surface area (Å²) in [7, 11) is 0. The van der Waals surface area contributed by atoms with Crippen LogP contribution in [0.5, 0.6) is 0 Å². The second-order valence-electron chi connectivity index (χ2n) is 2.07. The lowest BCUT2D eigenvalue weighted by molar-refractivity contribution is 0.288. The van der Waals surface area contributed by atoms with Gasteiger partial charge in [-0.15, -0.1) is 0 Å². The lowest BCUT2D eigenvalue weighted by atomic mass is 10.3. The number of nitrogens with one attached hydrogen (secondary N) is 1. The first kappa shape index (κ1) is 9.98. The minimum absolute atomic E-state index is 0.214. The van der Waals surface area contributed by atoms with Gasteiger partial charge in [-0.05, 0) is 18.6 Å². The van der Waals surface area contributed by atoms with Crippen LogP contribution >= 0.6 is 0 Å². The molecule has 0 unspecified atom stereocenters. The summed E-state index contributed by atoms with van der Waals surface area (Å²) in [6, 6.07) is 0. The van der Waals surface area contributed by atoms with Gasteiger partial charge in [-0.25, -0.2) is 0 Å². The van der Waals surface area contributed by atoms with Crippen LogP contribution in [0.2, 0.25) is 0 Å². The van der Waals surface area contributed by atoms with E-state index in [-0.39, 0.29) is 6.61 Å². The van der Waals surface area contributed by atoms with Crippen LogP contribution in [-0.4, -0.2) is 18.3 Å². The standard InChI is InChI=1S/C9H15NO/c1-3-6-9(4-2)10-7-5-8-11/h3-4,6,10-11H,1-2,5,7-8H2/b9-6+. The molecule has 0 amide bonds. The number of hydrogen-bond donors (Lipinski definition) is 2. The molecule has 0 atom stereocenters. The molecule has 2 nitrogen and oxygen atoms in total. The van der Waals surface area contributed by atoms with Crippen molar-refractivity contribution < 1.29 is 5.11 Å². The molecule has 0 saturated carbocycles. The van der Waals surface area contributed by atoms with Gasteiger partial charge in [0.2, 0.25) is 0 Å². The first-order chi connectivity index (χ1) is 5.35. The van der Waals surface area contributed by atoms with E-state index < -0.39 is 0 Å². The fourth-order valence-corrected chi connectivity index (χ4v) is 0.638. The van der Waals surface area contributed by atoms with Crippen molar-refractivity contribution in [1.82, 2.24) is 5.32 Å². The topological polar surface area (TPSA) is 32.3 Å². The van der Waals surface area contributed by atoms with Gasteiger partial charge in [0.1, 0.15) is 0 Å². The highest BCUT2D eigenvalue weighted by Crippen LogP contribution is 1.90. The summed E-state index contributed by atoms with van der Waals surface area (Å²) in [6.45, 7) is 8.16. The highest BCUT2D eigenvalue weighted by Gasteiger charge is 1.86. The maximum absolute atomic E-state index is 8.48. The molecule has 0 aromatic heterocycles. The molecule has 0 bridgehead atoms. The summed E-state index contributed by atoms with van der Waals surface area (Å²) in [5, 5.41) is 11.6. The van der Waals surface area contributed by atoms with Crippen molar-refractivity contribution in [2.75, 3.05) is 13.2 Å². The van der Waals surface area contributed by atoms with Crippen LogP contribution in [0.3, 0.4) is 0 Å². The van der Waals surface area contributed by atoms with Gasteiger partial charge in [-0.2, -0.15) is 0 Å². The Kier molecular flexibility index (Phi) is 6.43. The third-order valence-corrected chi connectivity index (χ3v) is 1.18. The second-order valence-corrected chi connectivity index (χ2v) is 2.07. The third kappa shape index (κ3) is 5.43. The van der Waals surface area contributed by atoms with Crippen LogP contribution in [0.1, 0.15) is 6.42 Å². The first-order valence-corrected chi connectivity index (χ1v) is 3.65. The van der Waals surface area contributed by atoms with Gasteiger partial charge in [0.05, 0.1) is 0 Å². The summed E-state index contributed by atoms with van der Waals surface area (Å²) in [5.41, 5.74) is 0.938. The molecule has 0 saturated heterocycles. The monoisotopic (exact) mass is 153 g/mol. The lowest BCUT2D eigenvalue weighted by Crippen LogP contribution is -2.14. The molecule has 0 spiro atoms. The highest BCUT2D eigenvalue weighted by atomic mass is 16.3. The maximum atomic E-state index is 8.48. The molecule has 62 valence electrons. The zero-order valence-electron chi connectivity index (χ0n) is 6.71. The Bertz CT molecular complexity index is 150. The van der Waals surface area contributed by atoms with Crippen molar-refractivity contribution in [2.45, 2.75) is 6.42 Å². The lowest BCUT2D eigenvalue weighted by Gasteiger charge is -2.03. The molecule has 2 N–H and O–H groups in total. The molecule has 0 heterocycles. The smallest absolute Gasteiger partial charge is 0.0447 e. The minimum Gasteiger partial charge on any atom is -0.396 e. The number of aliphatic hydroxyl groups excluding tert-OH is 1. The van der Waals surface area contributed by atoms with E-state index in [1.165, 1.54) is 0 Å². The Hall–Kier alpha value is -1.02. The van der Waals surface area contributed by atoms with E-state index in [1.54, 1.807) is 12.2 Å². The molecule has 0 aromatic rings. The Morgan fingerprint density at radius 3 is 2.64 bits per heavy atom. The average Bonchev–Trinajstić information content (AvgIpc) is 2.03. The fourth-order valence-electron chi connectivity index (χ4n) is 0.638. The molecule has 11 heavy (non-hydrogen) atoms. The van der Waals surface area contributed by atoms with Gasteiger partial charge in [-0.3, -0.25) is 0 Å². The van der Waals surface area contributed by atoms with Crippen LogP contribution in [0.15, 0.2) is 37.1 Å². The molecule has 0 radical (unpaired) electrons. The van der Waals surface area contributed by atoms with E-state index in [9.17, 15) is 0 Å². The normalized spacial score (nSPS) is 10.8. The van der Waals surface area contributed by atoms with Crippen LogP contribution in [-0.2, 0) is 0 Å². The van der Waals surface area contributed by atoms with Gasteiger partial charge in [0, 0.05) is 18.8 Å². The Morgan fingerprint density at radius 1 is 1.45 bits per heavy atom. The number of hydrogen-bond acceptors (Lipinski definition) is 2. The van der Waals surface area contributed by atoms with Crippen LogP contribution < -0.4 is 5.32 Å². The van der Waals surface area contributed by atoms with E-state index in [0.717, 1.165) is 18.7 Å². The molecule has 0 aliphatic carbocycles. The molecule has 0 rings (SSSR count). The molecule has 0 aromatic carbocycles. The quantitative estimate of drug-likeness (QED) is 0.444.